The normalized spacial score (nSPS) is 24.1. The monoisotopic (exact) mass is 331 g/mol. The van der Waals surface area contributed by atoms with E-state index in [-0.39, 0.29) is 18.5 Å². The lowest BCUT2D eigenvalue weighted by Gasteiger charge is -2.29. The summed E-state index contributed by atoms with van der Waals surface area (Å²) < 4.78 is 5.53. The van der Waals surface area contributed by atoms with E-state index >= 15 is 0 Å². The highest BCUT2D eigenvalue weighted by atomic mass is 16.6. The highest BCUT2D eigenvalue weighted by Crippen LogP contribution is 2.51. The van der Waals surface area contributed by atoms with Gasteiger partial charge in [0.2, 0.25) is 0 Å². The highest BCUT2D eigenvalue weighted by molar-refractivity contribution is 5.79. The fourth-order valence-corrected chi connectivity index (χ4v) is 3.14. The quantitative estimate of drug-likeness (QED) is 0.894. The third-order valence-electron chi connectivity index (χ3n) is 4.79. The lowest BCUT2D eigenvalue weighted by Crippen LogP contribution is -2.43. The molecule has 0 unspecified atom stereocenters. The lowest BCUT2D eigenvalue weighted by molar-refractivity contribution is -0.144. The van der Waals surface area contributed by atoms with Gasteiger partial charge in [-0.15, -0.1) is 0 Å². The zero-order valence-electron chi connectivity index (χ0n) is 14.5. The largest absolute Gasteiger partial charge is 0.481 e. The van der Waals surface area contributed by atoms with Gasteiger partial charge >= 0.3 is 12.1 Å². The molecule has 2 fully saturated rings. The van der Waals surface area contributed by atoms with Gasteiger partial charge in [0.25, 0.3) is 0 Å². The Balaban J connectivity index is 1.76. The molecule has 1 N–H and O–H groups in total. The Morgan fingerprint density at radius 1 is 1.25 bits per heavy atom. The molecule has 5 heteroatoms. The number of hydrogen-bond donors (Lipinski definition) is 1. The number of carbonyl (C=O) groups is 2. The molecule has 0 aliphatic heterocycles. The summed E-state index contributed by atoms with van der Waals surface area (Å²) in [5.41, 5.74) is -0.177. The molecule has 0 heterocycles. The van der Waals surface area contributed by atoms with Crippen molar-refractivity contribution in [2.45, 2.75) is 57.6 Å². The molecule has 1 aromatic carbocycles. The van der Waals surface area contributed by atoms with Crippen LogP contribution in [0.25, 0.3) is 0 Å². The van der Waals surface area contributed by atoms with Crippen molar-refractivity contribution in [3.63, 3.8) is 0 Å². The van der Waals surface area contributed by atoms with Crippen LogP contribution in [-0.4, -0.2) is 40.3 Å². The minimum atomic E-state index is -0.812. The number of aliphatic carboxylic acids is 1. The van der Waals surface area contributed by atoms with Gasteiger partial charge in [-0.2, -0.15) is 0 Å². The summed E-state index contributed by atoms with van der Waals surface area (Å²) in [6.45, 7) is 5.73. The first-order valence-electron chi connectivity index (χ1n) is 8.50. The van der Waals surface area contributed by atoms with E-state index in [0.29, 0.717) is 12.8 Å². The van der Waals surface area contributed by atoms with Gasteiger partial charge < -0.3 is 14.7 Å². The molecule has 2 atom stereocenters. The first-order chi connectivity index (χ1) is 11.2. The summed E-state index contributed by atoms with van der Waals surface area (Å²) in [4.78, 5) is 25.9. The van der Waals surface area contributed by atoms with E-state index in [0.717, 1.165) is 6.42 Å². The molecule has 0 spiro atoms. The van der Waals surface area contributed by atoms with Gasteiger partial charge in [0.15, 0.2) is 0 Å². The molecule has 0 saturated heterocycles. The molecule has 3 rings (SSSR count). The van der Waals surface area contributed by atoms with Gasteiger partial charge in [-0.1, -0.05) is 30.3 Å². The molecule has 1 aromatic rings. The van der Waals surface area contributed by atoms with Gasteiger partial charge in [0.05, 0.1) is 5.41 Å². The van der Waals surface area contributed by atoms with Crippen molar-refractivity contribution in [1.82, 2.24) is 4.90 Å². The number of amides is 1. The van der Waals surface area contributed by atoms with Crippen molar-refractivity contribution >= 4 is 12.1 Å². The Morgan fingerprint density at radius 2 is 1.88 bits per heavy atom. The van der Waals surface area contributed by atoms with Gasteiger partial charge in [-0.05, 0) is 45.6 Å². The van der Waals surface area contributed by atoms with E-state index in [2.05, 4.69) is 12.1 Å². The van der Waals surface area contributed by atoms with Crippen LogP contribution in [0.3, 0.4) is 0 Å². The topological polar surface area (TPSA) is 66.8 Å². The molecule has 24 heavy (non-hydrogen) atoms. The van der Waals surface area contributed by atoms with Crippen LogP contribution in [0, 0.1) is 5.41 Å². The minimum Gasteiger partial charge on any atom is -0.481 e. The van der Waals surface area contributed by atoms with Crippen molar-refractivity contribution in [2.24, 2.45) is 5.41 Å². The Hall–Kier alpha value is -2.04. The maximum atomic E-state index is 12.7. The van der Waals surface area contributed by atoms with Crippen molar-refractivity contribution in [3.8, 4) is 0 Å². The van der Waals surface area contributed by atoms with Crippen LogP contribution < -0.4 is 0 Å². The first-order valence-corrected chi connectivity index (χ1v) is 8.50. The SMILES string of the molecule is CC(C)(C)OC(=O)N(CC1(C(=O)O)CC1)[C@@H]1C[C@H]1c1ccccc1. The molecule has 1 amide bonds. The molecule has 2 saturated carbocycles. The van der Waals surface area contributed by atoms with E-state index in [1.807, 2.05) is 39.0 Å². The first kappa shape index (κ1) is 16.8. The Labute approximate surface area is 142 Å². The molecule has 0 aromatic heterocycles. The van der Waals surface area contributed by atoms with Crippen LogP contribution in [0.5, 0.6) is 0 Å². The summed E-state index contributed by atoms with van der Waals surface area (Å²) in [5, 5.41) is 9.47. The molecular weight excluding hydrogens is 306 g/mol. The molecule has 2 aliphatic rings. The third kappa shape index (κ3) is 3.55. The van der Waals surface area contributed by atoms with Crippen LogP contribution >= 0.6 is 0 Å². The number of hydrogen-bond acceptors (Lipinski definition) is 3. The van der Waals surface area contributed by atoms with E-state index in [9.17, 15) is 14.7 Å². The number of rotatable bonds is 5. The average Bonchev–Trinajstić information content (AvgIpc) is 3.38. The van der Waals surface area contributed by atoms with Crippen LogP contribution in [-0.2, 0) is 9.53 Å². The fraction of sp³-hybridized carbons (Fsp3) is 0.579. The molecule has 5 nitrogen and oxygen atoms in total. The lowest BCUT2D eigenvalue weighted by atomic mass is 10.1. The summed E-state index contributed by atoms with van der Waals surface area (Å²) in [7, 11) is 0. The van der Waals surface area contributed by atoms with Crippen LogP contribution in [0.1, 0.15) is 51.5 Å². The van der Waals surface area contributed by atoms with Crippen molar-refractivity contribution < 1.29 is 19.4 Å². The predicted octanol–water partition coefficient (Wildman–Crippen LogP) is 3.64. The average molecular weight is 331 g/mol. The van der Waals surface area contributed by atoms with E-state index < -0.39 is 23.1 Å². The van der Waals surface area contributed by atoms with Crippen LogP contribution in [0.15, 0.2) is 30.3 Å². The highest BCUT2D eigenvalue weighted by Gasteiger charge is 2.56. The maximum Gasteiger partial charge on any atom is 0.410 e. The number of carbonyl (C=O) groups excluding carboxylic acids is 1. The van der Waals surface area contributed by atoms with E-state index in [4.69, 9.17) is 4.74 Å². The van der Waals surface area contributed by atoms with Crippen LogP contribution in [0.4, 0.5) is 4.79 Å². The number of carboxylic acid groups (broad SMARTS) is 1. The third-order valence-corrected chi connectivity index (χ3v) is 4.79. The zero-order chi connectivity index (χ0) is 17.5. The second kappa shape index (κ2) is 5.80. The Kier molecular flexibility index (Phi) is 4.06. The number of benzene rings is 1. The molecule has 0 radical (unpaired) electrons. The number of carboxylic acids is 1. The van der Waals surface area contributed by atoms with E-state index in [1.165, 1.54) is 5.56 Å². The summed E-state index contributed by atoms with van der Waals surface area (Å²) >= 11 is 0. The standard InChI is InChI=1S/C19H25NO4/c1-18(2,3)24-17(23)20(12-19(9-10-19)16(21)22)15-11-14(15)13-7-5-4-6-8-13/h4-8,14-15H,9-12H2,1-3H3,(H,21,22)/t14-,15+/m0/s1. The summed E-state index contributed by atoms with van der Waals surface area (Å²) in [6.07, 6.45) is 1.71. The second-order valence-electron chi connectivity index (χ2n) is 8.01. The predicted molar refractivity (Wildman–Crippen MR) is 89.8 cm³/mol. The number of ether oxygens (including phenoxy) is 1. The summed E-state index contributed by atoms with van der Waals surface area (Å²) in [6, 6.07) is 10.1. The van der Waals surface area contributed by atoms with Crippen molar-refractivity contribution in [2.75, 3.05) is 6.54 Å². The fourth-order valence-electron chi connectivity index (χ4n) is 3.14. The second-order valence-corrected chi connectivity index (χ2v) is 8.01. The van der Waals surface area contributed by atoms with Gasteiger partial charge in [0.1, 0.15) is 5.60 Å². The molecule has 2 aliphatic carbocycles. The van der Waals surface area contributed by atoms with Crippen molar-refractivity contribution in [3.05, 3.63) is 35.9 Å². The molecule has 130 valence electrons. The van der Waals surface area contributed by atoms with Gasteiger partial charge in [-0.25, -0.2) is 4.79 Å². The maximum absolute atomic E-state index is 12.7. The molecular formula is C19H25NO4. The molecule has 0 bridgehead atoms. The zero-order valence-corrected chi connectivity index (χ0v) is 14.5. The van der Waals surface area contributed by atoms with Crippen LogP contribution in [0.2, 0.25) is 0 Å². The van der Waals surface area contributed by atoms with E-state index in [1.54, 1.807) is 4.90 Å². The Bertz CT molecular complexity index is 631. The van der Waals surface area contributed by atoms with Crippen molar-refractivity contribution in [1.29, 1.82) is 0 Å². The minimum absolute atomic E-state index is 0.0269. The number of nitrogens with zero attached hydrogens (tertiary/aromatic N) is 1. The smallest absolute Gasteiger partial charge is 0.410 e. The Morgan fingerprint density at radius 3 is 2.38 bits per heavy atom. The van der Waals surface area contributed by atoms with Gasteiger partial charge in [-0.3, -0.25) is 4.79 Å². The van der Waals surface area contributed by atoms with Gasteiger partial charge in [0, 0.05) is 18.5 Å². The summed E-state index contributed by atoms with van der Waals surface area (Å²) in [5.74, 6) is -0.545.